The van der Waals surface area contributed by atoms with Gasteiger partial charge in [-0.1, -0.05) is 19.8 Å². The minimum atomic E-state index is 0.120. The zero-order valence-corrected chi connectivity index (χ0v) is 13.6. The van der Waals surface area contributed by atoms with E-state index in [-0.39, 0.29) is 6.10 Å². The molecular formula is C15H27N3OS. The van der Waals surface area contributed by atoms with E-state index >= 15 is 0 Å². The van der Waals surface area contributed by atoms with E-state index in [1.54, 1.807) is 0 Å². The Balaban J connectivity index is 1.91. The number of nitrogens with zero attached hydrogens (tertiary/aromatic N) is 1. The molecule has 20 heavy (non-hydrogen) atoms. The highest BCUT2D eigenvalue weighted by atomic mass is 32.1. The highest BCUT2D eigenvalue weighted by Gasteiger charge is 2.23. The molecule has 5 heteroatoms. The monoisotopic (exact) mass is 297 g/mol. The second kappa shape index (κ2) is 7.16. The van der Waals surface area contributed by atoms with Crippen LogP contribution < -0.4 is 15.8 Å². The number of rotatable bonds is 6. The van der Waals surface area contributed by atoms with Gasteiger partial charge in [0.2, 0.25) is 0 Å². The Hall–Kier alpha value is -0.970. The largest absolute Gasteiger partial charge is 0.484 e. The standard InChI is InChI=1S/C15H27N3OS/c1-4-5-11-6-8-12(9-7-11)17-15-13(19-10(2)3)14(16)18-20-15/h10-12,17H,4-9H2,1-3H3,(H2,16,18). The topological polar surface area (TPSA) is 60.2 Å². The zero-order chi connectivity index (χ0) is 14.5. The van der Waals surface area contributed by atoms with Gasteiger partial charge < -0.3 is 15.8 Å². The summed E-state index contributed by atoms with van der Waals surface area (Å²) in [4.78, 5) is 0. The van der Waals surface area contributed by atoms with Crippen LogP contribution in [-0.4, -0.2) is 16.5 Å². The Morgan fingerprint density at radius 1 is 1.35 bits per heavy atom. The third kappa shape index (κ3) is 4.01. The molecule has 4 nitrogen and oxygen atoms in total. The van der Waals surface area contributed by atoms with Gasteiger partial charge in [0, 0.05) is 6.04 Å². The number of nitrogens with two attached hydrogens (primary N) is 1. The predicted molar refractivity (Wildman–Crippen MR) is 86.6 cm³/mol. The molecule has 1 fully saturated rings. The Morgan fingerprint density at radius 3 is 2.65 bits per heavy atom. The fourth-order valence-corrected chi connectivity index (χ4v) is 3.65. The molecule has 0 bridgehead atoms. The van der Waals surface area contributed by atoms with E-state index in [1.165, 1.54) is 50.1 Å². The van der Waals surface area contributed by atoms with Gasteiger partial charge in [0.25, 0.3) is 0 Å². The molecule has 1 aliphatic rings. The van der Waals surface area contributed by atoms with Crippen molar-refractivity contribution in [3.8, 4) is 5.75 Å². The number of hydrogen-bond acceptors (Lipinski definition) is 5. The average Bonchev–Trinajstić information content (AvgIpc) is 2.74. The summed E-state index contributed by atoms with van der Waals surface area (Å²) in [6.07, 6.45) is 7.95. The van der Waals surface area contributed by atoms with E-state index in [9.17, 15) is 0 Å². The van der Waals surface area contributed by atoms with Gasteiger partial charge in [0.15, 0.2) is 16.6 Å². The lowest BCUT2D eigenvalue weighted by Gasteiger charge is -2.29. The van der Waals surface area contributed by atoms with Crippen LogP contribution in [0.25, 0.3) is 0 Å². The maximum atomic E-state index is 5.89. The molecule has 1 heterocycles. The van der Waals surface area contributed by atoms with Crippen LogP contribution in [0.1, 0.15) is 59.3 Å². The van der Waals surface area contributed by atoms with E-state index in [2.05, 4.69) is 16.6 Å². The van der Waals surface area contributed by atoms with Crippen LogP contribution in [-0.2, 0) is 0 Å². The maximum Gasteiger partial charge on any atom is 0.197 e. The number of ether oxygens (including phenoxy) is 1. The van der Waals surface area contributed by atoms with Crippen LogP contribution in [0.15, 0.2) is 0 Å². The van der Waals surface area contributed by atoms with Gasteiger partial charge in [-0.2, -0.15) is 4.37 Å². The Labute approximate surface area is 126 Å². The number of hydrogen-bond donors (Lipinski definition) is 2. The third-order valence-corrected chi connectivity index (χ3v) is 4.68. The Bertz CT molecular complexity index is 411. The summed E-state index contributed by atoms with van der Waals surface area (Å²) >= 11 is 1.41. The van der Waals surface area contributed by atoms with Gasteiger partial charge in [0.05, 0.1) is 6.10 Å². The molecule has 1 aromatic rings. The molecule has 0 atom stereocenters. The minimum absolute atomic E-state index is 0.120. The van der Waals surface area contributed by atoms with Crippen molar-refractivity contribution in [2.45, 2.75) is 71.4 Å². The molecule has 0 amide bonds. The Kier molecular flexibility index (Phi) is 5.52. The fourth-order valence-electron chi connectivity index (χ4n) is 2.92. The van der Waals surface area contributed by atoms with E-state index in [1.807, 2.05) is 13.8 Å². The lowest BCUT2D eigenvalue weighted by Crippen LogP contribution is -2.26. The van der Waals surface area contributed by atoms with E-state index < -0.39 is 0 Å². The normalized spacial score (nSPS) is 23.0. The molecule has 0 unspecified atom stereocenters. The molecule has 2 rings (SSSR count). The van der Waals surface area contributed by atoms with Crippen LogP contribution in [0.4, 0.5) is 10.8 Å². The summed E-state index contributed by atoms with van der Waals surface area (Å²) in [5.41, 5.74) is 5.89. The van der Waals surface area contributed by atoms with Gasteiger partial charge >= 0.3 is 0 Å². The van der Waals surface area contributed by atoms with Gasteiger partial charge in [0.1, 0.15) is 0 Å². The molecule has 3 N–H and O–H groups in total. The summed E-state index contributed by atoms with van der Waals surface area (Å²) in [6, 6.07) is 0.539. The Morgan fingerprint density at radius 2 is 2.05 bits per heavy atom. The SMILES string of the molecule is CCCC1CCC(Nc2snc(N)c2OC(C)C)CC1. The van der Waals surface area contributed by atoms with Crippen molar-refractivity contribution in [2.24, 2.45) is 5.92 Å². The summed E-state index contributed by atoms with van der Waals surface area (Å²) in [5, 5.41) is 4.58. The van der Waals surface area contributed by atoms with E-state index in [0.717, 1.165) is 16.7 Å². The van der Waals surface area contributed by atoms with Gasteiger partial charge in [-0.05, 0) is 57.0 Å². The average molecular weight is 297 g/mol. The van der Waals surface area contributed by atoms with Gasteiger partial charge in [-0.3, -0.25) is 0 Å². The van der Waals surface area contributed by atoms with Crippen molar-refractivity contribution in [3.63, 3.8) is 0 Å². The van der Waals surface area contributed by atoms with Crippen molar-refractivity contribution in [1.29, 1.82) is 0 Å². The number of anilines is 2. The molecule has 0 saturated heterocycles. The highest BCUT2D eigenvalue weighted by Crippen LogP contribution is 2.38. The minimum Gasteiger partial charge on any atom is -0.484 e. The lowest BCUT2D eigenvalue weighted by molar-refractivity contribution is 0.245. The smallest absolute Gasteiger partial charge is 0.197 e. The van der Waals surface area contributed by atoms with Gasteiger partial charge in [-0.15, -0.1) is 0 Å². The van der Waals surface area contributed by atoms with Crippen LogP contribution >= 0.6 is 11.5 Å². The molecule has 114 valence electrons. The first-order valence-corrected chi connectivity index (χ1v) is 8.55. The molecule has 1 aliphatic carbocycles. The van der Waals surface area contributed by atoms with E-state index in [4.69, 9.17) is 10.5 Å². The number of aromatic nitrogens is 1. The van der Waals surface area contributed by atoms with Crippen LogP contribution in [0.3, 0.4) is 0 Å². The molecule has 1 saturated carbocycles. The quantitative estimate of drug-likeness (QED) is 0.822. The zero-order valence-electron chi connectivity index (χ0n) is 12.8. The van der Waals surface area contributed by atoms with Crippen molar-refractivity contribution < 1.29 is 4.74 Å². The maximum absolute atomic E-state index is 5.89. The first-order valence-electron chi connectivity index (χ1n) is 7.78. The second-order valence-corrected chi connectivity index (χ2v) is 6.82. The van der Waals surface area contributed by atoms with Crippen molar-refractivity contribution in [3.05, 3.63) is 0 Å². The van der Waals surface area contributed by atoms with Crippen molar-refractivity contribution in [2.75, 3.05) is 11.1 Å². The van der Waals surface area contributed by atoms with Crippen LogP contribution in [0.5, 0.6) is 5.75 Å². The molecule has 0 spiro atoms. The predicted octanol–water partition coefficient (Wildman–Crippen LogP) is 4.28. The van der Waals surface area contributed by atoms with E-state index in [0.29, 0.717) is 11.9 Å². The molecule has 0 radical (unpaired) electrons. The number of nitrogen functional groups attached to an aromatic ring is 1. The first kappa shape index (κ1) is 15.4. The van der Waals surface area contributed by atoms with Crippen molar-refractivity contribution >= 4 is 22.4 Å². The number of nitrogens with one attached hydrogen (secondary N) is 1. The fraction of sp³-hybridized carbons (Fsp3) is 0.800. The third-order valence-electron chi connectivity index (χ3n) is 3.91. The summed E-state index contributed by atoms with van der Waals surface area (Å²) < 4.78 is 9.99. The lowest BCUT2D eigenvalue weighted by atomic mass is 9.83. The van der Waals surface area contributed by atoms with Gasteiger partial charge in [-0.25, -0.2) is 0 Å². The van der Waals surface area contributed by atoms with Crippen LogP contribution in [0.2, 0.25) is 0 Å². The molecule has 0 aromatic carbocycles. The highest BCUT2D eigenvalue weighted by molar-refractivity contribution is 7.11. The first-order chi connectivity index (χ1) is 9.60. The summed E-state index contributed by atoms with van der Waals surface area (Å²) in [5.74, 6) is 2.17. The van der Waals surface area contributed by atoms with Crippen LogP contribution in [0, 0.1) is 5.92 Å². The van der Waals surface area contributed by atoms with Crippen molar-refractivity contribution in [1.82, 2.24) is 4.37 Å². The molecule has 0 aliphatic heterocycles. The molecule has 1 aromatic heterocycles. The second-order valence-electron chi connectivity index (χ2n) is 6.04. The summed E-state index contributed by atoms with van der Waals surface area (Å²) in [6.45, 7) is 6.30. The molecular weight excluding hydrogens is 270 g/mol. The summed E-state index contributed by atoms with van der Waals surface area (Å²) in [7, 11) is 0.